The molecule has 1 aromatic rings. The summed E-state index contributed by atoms with van der Waals surface area (Å²) in [5, 5.41) is 3.55. The van der Waals surface area contributed by atoms with E-state index in [0.717, 1.165) is 25.0 Å². The van der Waals surface area contributed by atoms with E-state index in [1.165, 1.54) is 37.1 Å². The van der Waals surface area contributed by atoms with Gasteiger partial charge in [0.05, 0.1) is 11.9 Å². The maximum atomic E-state index is 4.35. The van der Waals surface area contributed by atoms with Gasteiger partial charge in [0.2, 0.25) is 0 Å². The summed E-state index contributed by atoms with van der Waals surface area (Å²) in [7, 11) is 0. The molecule has 0 aromatic carbocycles. The van der Waals surface area contributed by atoms with E-state index in [4.69, 9.17) is 0 Å². The van der Waals surface area contributed by atoms with E-state index in [9.17, 15) is 0 Å². The molecule has 1 aliphatic heterocycles. The average Bonchev–Trinajstić information content (AvgIpc) is 3.01. The number of nitrogens with one attached hydrogen (secondary N) is 1. The van der Waals surface area contributed by atoms with E-state index in [1.807, 2.05) is 6.20 Å². The normalized spacial score (nSPS) is 25.5. The van der Waals surface area contributed by atoms with Gasteiger partial charge in [-0.2, -0.15) is 0 Å². The standard InChI is InChI=1S/C16H25N3/c1-12(2)8-18-9-14-5-6-17-10-16(14)19-11-13-3-4-15(19)7-13/h5-6,10,12-13,15,18H,3-4,7-9,11H2,1-2H3. The Balaban J connectivity index is 1.70. The van der Waals surface area contributed by atoms with Gasteiger partial charge in [-0.05, 0) is 49.3 Å². The molecule has 1 saturated carbocycles. The monoisotopic (exact) mass is 259 g/mol. The third-order valence-electron chi connectivity index (χ3n) is 4.47. The molecule has 2 aliphatic rings. The number of fused-ring (bicyclic) bond motifs is 2. The minimum Gasteiger partial charge on any atom is -0.367 e. The zero-order valence-corrected chi connectivity index (χ0v) is 12.1. The van der Waals surface area contributed by atoms with Crippen LogP contribution in [0.2, 0.25) is 0 Å². The zero-order valence-electron chi connectivity index (χ0n) is 12.1. The van der Waals surface area contributed by atoms with E-state index < -0.39 is 0 Å². The molecule has 104 valence electrons. The van der Waals surface area contributed by atoms with Gasteiger partial charge in [0, 0.05) is 25.3 Å². The first-order valence-corrected chi connectivity index (χ1v) is 7.64. The van der Waals surface area contributed by atoms with Gasteiger partial charge in [0.25, 0.3) is 0 Å². The quantitative estimate of drug-likeness (QED) is 0.881. The number of anilines is 1. The van der Waals surface area contributed by atoms with Crippen molar-refractivity contribution in [1.29, 1.82) is 0 Å². The van der Waals surface area contributed by atoms with Crippen LogP contribution in [0.15, 0.2) is 18.5 Å². The maximum Gasteiger partial charge on any atom is 0.0600 e. The molecule has 19 heavy (non-hydrogen) atoms. The van der Waals surface area contributed by atoms with Gasteiger partial charge in [-0.1, -0.05) is 13.8 Å². The molecule has 3 heteroatoms. The van der Waals surface area contributed by atoms with Gasteiger partial charge < -0.3 is 10.2 Å². The first-order valence-electron chi connectivity index (χ1n) is 7.64. The third kappa shape index (κ3) is 2.76. The lowest BCUT2D eigenvalue weighted by molar-refractivity contribution is 0.541. The fourth-order valence-corrected chi connectivity index (χ4v) is 3.54. The highest BCUT2D eigenvalue weighted by Crippen LogP contribution is 2.40. The number of rotatable bonds is 5. The highest BCUT2D eigenvalue weighted by atomic mass is 15.2. The molecule has 1 saturated heterocycles. The molecule has 2 fully saturated rings. The van der Waals surface area contributed by atoms with Crippen molar-refractivity contribution in [3.63, 3.8) is 0 Å². The fraction of sp³-hybridized carbons (Fsp3) is 0.688. The van der Waals surface area contributed by atoms with Crippen LogP contribution >= 0.6 is 0 Å². The molecule has 0 spiro atoms. The molecule has 2 unspecified atom stereocenters. The Labute approximate surface area is 116 Å². The van der Waals surface area contributed by atoms with Crippen molar-refractivity contribution in [2.45, 2.75) is 45.7 Å². The summed E-state index contributed by atoms with van der Waals surface area (Å²) >= 11 is 0. The lowest BCUT2D eigenvalue weighted by atomic mass is 10.1. The van der Waals surface area contributed by atoms with Crippen molar-refractivity contribution >= 4 is 5.69 Å². The Morgan fingerprint density at radius 2 is 2.32 bits per heavy atom. The Kier molecular flexibility index (Phi) is 3.74. The van der Waals surface area contributed by atoms with E-state index in [0.29, 0.717) is 5.92 Å². The fourth-order valence-electron chi connectivity index (χ4n) is 3.54. The first-order chi connectivity index (χ1) is 9.24. The second-order valence-electron chi connectivity index (χ2n) is 6.51. The largest absolute Gasteiger partial charge is 0.367 e. The molecule has 0 radical (unpaired) electrons. The van der Waals surface area contributed by atoms with Crippen LogP contribution in [0.4, 0.5) is 5.69 Å². The predicted molar refractivity (Wildman–Crippen MR) is 79.3 cm³/mol. The van der Waals surface area contributed by atoms with Crippen molar-refractivity contribution < 1.29 is 0 Å². The molecule has 1 aromatic heterocycles. The molecule has 3 nitrogen and oxygen atoms in total. The van der Waals surface area contributed by atoms with Crippen LogP contribution in [0.5, 0.6) is 0 Å². The van der Waals surface area contributed by atoms with Crippen molar-refractivity contribution in [2.75, 3.05) is 18.0 Å². The van der Waals surface area contributed by atoms with E-state index >= 15 is 0 Å². The highest BCUT2D eigenvalue weighted by Gasteiger charge is 2.38. The maximum absolute atomic E-state index is 4.35. The Morgan fingerprint density at radius 3 is 3.00 bits per heavy atom. The van der Waals surface area contributed by atoms with Crippen molar-refractivity contribution in [2.24, 2.45) is 11.8 Å². The minimum atomic E-state index is 0.702. The summed E-state index contributed by atoms with van der Waals surface area (Å²) in [5.41, 5.74) is 2.77. The van der Waals surface area contributed by atoms with Crippen molar-refractivity contribution in [3.8, 4) is 0 Å². The average molecular weight is 259 g/mol. The first kappa shape index (κ1) is 12.9. The lowest BCUT2D eigenvalue weighted by Crippen LogP contribution is -2.33. The molecule has 2 atom stereocenters. The molecular formula is C16H25N3. The predicted octanol–water partition coefficient (Wildman–Crippen LogP) is 2.82. The summed E-state index contributed by atoms with van der Waals surface area (Å²) in [6.45, 7) is 7.78. The van der Waals surface area contributed by atoms with Crippen LogP contribution in [-0.4, -0.2) is 24.1 Å². The Morgan fingerprint density at radius 1 is 1.42 bits per heavy atom. The van der Waals surface area contributed by atoms with Crippen LogP contribution < -0.4 is 10.2 Å². The second-order valence-corrected chi connectivity index (χ2v) is 6.51. The van der Waals surface area contributed by atoms with Gasteiger partial charge in [-0.15, -0.1) is 0 Å². The number of pyridine rings is 1. The highest BCUT2D eigenvalue weighted by molar-refractivity contribution is 5.54. The number of nitrogens with zero attached hydrogens (tertiary/aromatic N) is 2. The summed E-state index contributed by atoms with van der Waals surface area (Å²) in [6.07, 6.45) is 8.19. The number of piperidine rings is 1. The second kappa shape index (κ2) is 5.49. The molecular weight excluding hydrogens is 234 g/mol. The van der Waals surface area contributed by atoms with Gasteiger partial charge in [-0.25, -0.2) is 0 Å². The minimum absolute atomic E-state index is 0.702. The van der Waals surface area contributed by atoms with E-state index in [-0.39, 0.29) is 0 Å². The van der Waals surface area contributed by atoms with Gasteiger partial charge in [0.1, 0.15) is 0 Å². The van der Waals surface area contributed by atoms with Crippen LogP contribution in [-0.2, 0) is 6.54 Å². The van der Waals surface area contributed by atoms with Crippen LogP contribution in [0.3, 0.4) is 0 Å². The molecule has 2 bridgehead atoms. The van der Waals surface area contributed by atoms with Gasteiger partial charge in [-0.3, -0.25) is 4.98 Å². The Bertz CT molecular complexity index is 430. The van der Waals surface area contributed by atoms with Gasteiger partial charge >= 0.3 is 0 Å². The smallest absolute Gasteiger partial charge is 0.0600 e. The summed E-state index contributed by atoms with van der Waals surface area (Å²) in [6, 6.07) is 2.95. The molecule has 2 heterocycles. The lowest BCUT2D eigenvalue weighted by Gasteiger charge is -2.30. The number of hydrogen-bond donors (Lipinski definition) is 1. The van der Waals surface area contributed by atoms with Crippen molar-refractivity contribution in [1.82, 2.24) is 10.3 Å². The van der Waals surface area contributed by atoms with E-state index in [1.54, 1.807) is 0 Å². The summed E-state index contributed by atoms with van der Waals surface area (Å²) in [5.74, 6) is 1.63. The van der Waals surface area contributed by atoms with Crippen LogP contribution in [0.25, 0.3) is 0 Å². The molecule has 1 N–H and O–H groups in total. The third-order valence-corrected chi connectivity index (χ3v) is 4.47. The molecule has 3 rings (SSSR count). The summed E-state index contributed by atoms with van der Waals surface area (Å²) in [4.78, 5) is 6.95. The van der Waals surface area contributed by atoms with E-state index in [2.05, 4.69) is 41.3 Å². The van der Waals surface area contributed by atoms with Crippen LogP contribution in [0, 0.1) is 11.8 Å². The zero-order chi connectivity index (χ0) is 13.2. The van der Waals surface area contributed by atoms with Gasteiger partial charge in [0.15, 0.2) is 0 Å². The number of aromatic nitrogens is 1. The molecule has 0 amide bonds. The number of hydrogen-bond acceptors (Lipinski definition) is 3. The Hall–Kier alpha value is -1.09. The molecule has 1 aliphatic carbocycles. The van der Waals surface area contributed by atoms with Crippen LogP contribution in [0.1, 0.15) is 38.7 Å². The summed E-state index contributed by atoms with van der Waals surface area (Å²) < 4.78 is 0. The SMILES string of the molecule is CC(C)CNCc1ccncc1N1CC2CCC1C2. The topological polar surface area (TPSA) is 28.2 Å². The van der Waals surface area contributed by atoms with Crippen molar-refractivity contribution in [3.05, 3.63) is 24.0 Å².